The molecule has 246 valence electrons. The number of benzene rings is 5. The molecule has 1 aromatic heterocycles. The molecular formula is C42H38N8. The van der Waals surface area contributed by atoms with Crippen molar-refractivity contribution in [2.45, 2.75) is 31.6 Å². The molecule has 1 aliphatic heterocycles. The number of hydrogen-bond acceptors (Lipinski definition) is 8. The zero-order chi connectivity index (χ0) is 34.2. The van der Waals surface area contributed by atoms with Crippen LogP contribution in [0.25, 0.3) is 56.4 Å². The van der Waals surface area contributed by atoms with Gasteiger partial charge in [-0.2, -0.15) is 0 Å². The Bertz CT molecular complexity index is 2180. The zero-order valence-corrected chi connectivity index (χ0v) is 27.7. The van der Waals surface area contributed by atoms with Gasteiger partial charge in [0, 0.05) is 50.6 Å². The molecule has 5 aromatic carbocycles. The van der Waals surface area contributed by atoms with E-state index in [2.05, 4.69) is 90.0 Å². The van der Waals surface area contributed by atoms with Crippen LogP contribution in [0.15, 0.2) is 140 Å². The lowest BCUT2D eigenvalue weighted by molar-refractivity contribution is 0.563. The maximum Gasteiger partial charge on any atom is 0.164 e. The van der Waals surface area contributed by atoms with Crippen molar-refractivity contribution in [3.05, 3.63) is 140 Å². The molecule has 2 aliphatic rings. The average molecular weight is 655 g/mol. The number of rotatable bonds is 7. The third kappa shape index (κ3) is 5.76. The number of fused-ring (bicyclic) bond motifs is 1. The van der Waals surface area contributed by atoms with E-state index in [1.165, 1.54) is 0 Å². The van der Waals surface area contributed by atoms with Gasteiger partial charge in [-0.1, -0.05) is 85.8 Å². The number of hydrogen-bond donors (Lipinski definition) is 4. The minimum absolute atomic E-state index is 0.236. The van der Waals surface area contributed by atoms with Gasteiger partial charge in [-0.25, -0.2) is 15.0 Å². The molecule has 3 atom stereocenters. The summed E-state index contributed by atoms with van der Waals surface area (Å²) < 4.78 is 0. The highest BCUT2D eigenvalue weighted by atomic mass is 15.4. The fraction of sp³-hybridized carbons (Fsp3) is 0.119. The van der Waals surface area contributed by atoms with Crippen molar-refractivity contribution in [1.29, 1.82) is 0 Å². The van der Waals surface area contributed by atoms with Gasteiger partial charge >= 0.3 is 0 Å². The number of nitrogen functional groups attached to an aromatic ring is 3. The average Bonchev–Trinajstić information content (AvgIpc) is 3.54. The van der Waals surface area contributed by atoms with Crippen molar-refractivity contribution >= 4 is 22.7 Å². The Balaban J connectivity index is 1.22. The molecule has 0 radical (unpaired) electrons. The Labute approximate surface area is 292 Å². The van der Waals surface area contributed by atoms with E-state index in [0.717, 1.165) is 51.1 Å². The number of nitrogens with one attached hydrogen (secondary N) is 1. The number of para-hydroxylation sites is 1. The molecule has 1 fully saturated rings. The maximum atomic E-state index is 7.10. The third-order valence-corrected chi connectivity index (χ3v) is 9.53. The monoisotopic (exact) mass is 654 g/mol. The van der Waals surface area contributed by atoms with Gasteiger partial charge in [-0.3, -0.25) is 5.32 Å². The van der Waals surface area contributed by atoms with Crippen LogP contribution in [0.3, 0.4) is 0 Å². The van der Waals surface area contributed by atoms with Gasteiger partial charge in [0.15, 0.2) is 17.5 Å². The normalized spacial score (nSPS) is 17.9. The molecule has 0 bridgehead atoms. The Morgan fingerprint density at radius 1 is 0.580 bits per heavy atom. The molecular weight excluding hydrogens is 617 g/mol. The van der Waals surface area contributed by atoms with E-state index in [1.54, 1.807) is 0 Å². The van der Waals surface area contributed by atoms with Crippen LogP contribution in [0.4, 0.5) is 22.7 Å². The highest BCUT2D eigenvalue weighted by Crippen LogP contribution is 2.41. The summed E-state index contributed by atoms with van der Waals surface area (Å²) in [5.74, 6) is 1.63. The molecule has 0 amide bonds. The molecule has 0 saturated carbocycles. The molecule has 8 rings (SSSR count). The van der Waals surface area contributed by atoms with E-state index in [9.17, 15) is 0 Å². The van der Waals surface area contributed by atoms with Crippen molar-refractivity contribution < 1.29 is 0 Å². The van der Waals surface area contributed by atoms with Crippen LogP contribution in [0, 0.1) is 0 Å². The van der Waals surface area contributed by atoms with Crippen LogP contribution in [-0.4, -0.2) is 33.2 Å². The van der Waals surface area contributed by atoms with E-state index in [4.69, 9.17) is 32.2 Å². The summed E-state index contributed by atoms with van der Waals surface area (Å²) in [6.07, 6.45) is 10.0. The predicted octanol–water partition coefficient (Wildman–Crippen LogP) is 7.96. The summed E-state index contributed by atoms with van der Waals surface area (Å²) in [4.78, 5) is 17.3. The van der Waals surface area contributed by atoms with Crippen molar-refractivity contribution in [2.24, 2.45) is 0 Å². The first kappa shape index (κ1) is 31.0. The first-order valence-corrected chi connectivity index (χ1v) is 16.9. The lowest BCUT2D eigenvalue weighted by Crippen LogP contribution is -2.38. The second kappa shape index (κ2) is 13.0. The first-order chi connectivity index (χ1) is 24.5. The molecule has 6 aromatic rings. The van der Waals surface area contributed by atoms with Crippen molar-refractivity contribution in [2.75, 3.05) is 22.1 Å². The van der Waals surface area contributed by atoms with Gasteiger partial charge in [0.1, 0.15) is 0 Å². The third-order valence-electron chi connectivity index (χ3n) is 9.53. The Kier molecular flexibility index (Phi) is 8.06. The van der Waals surface area contributed by atoms with Crippen LogP contribution in [0.2, 0.25) is 0 Å². The van der Waals surface area contributed by atoms with Crippen molar-refractivity contribution in [1.82, 2.24) is 20.3 Å². The summed E-state index contributed by atoms with van der Waals surface area (Å²) >= 11 is 0. The van der Waals surface area contributed by atoms with Crippen LogP contribution in [-0.2, 0) is 0 Å². The molecule has 1 aliphatic carbocycles. The van der Waals surface area contributed by atoms with Crippen LogP contribution >= 0.6 is 0 Å². The quantitative estimate of drug-likeness (QED) is 0.128. The smallest absolute Gasteiger partial charge is 0.164 e. The van der Waals surface area contributed by atoms with Gasteiger partial charge in [0.25, 0.3) is 0 Å². The number of aromatic nitrogens is 3. The number of nitrogens with two attached hydrogens (primary N) is 3. The Morgan fingerprint density at radius 2 is 1.16 bits per heavy atom. The van der Waals surface area contributed by atoms with Gasteiger partial charge < -0.3 is 22.1 Å². The van der Waals surface area contributed by atoms with E-state index in [0.29, 0.717) is 34.5 Å². The van der Waals surface area contributed by atoms with Gasteiger partial charge in [-0.05, 0) is 78.2 Å². The van der Waals surface area contributed by atoms with Crippen molar-refractivity contribution in [3.8, 4) is 56.4 Å². The number of anilines is 4. The Hall–Kier alpha value is -6.25. The summed E-state index contributed by atoms with van der Waals surface area (Å²) in [6.45, 7) is 2.22. The summed E-state index contributed by atoms with van der Waals surface area (Å²) in [5, 5.41) is 3.78. The van der Waals surface area contributed by atoms with E-state index < -0.39 is 0 Å². The summed E-state index contributed by atoms with van der Waals surface area (Å²) in [5.41, 5.74) is 28.7. The number of nitrogens with zero attached hydrogens (tertiary/aromatic N) is 4. The SMILES string of the molecule is CCC1NC2C=CC=CC2N1c1cccc(-c2cccc(-c3ccccc3-c3nc(-c4ccc(N)cc4)nc(-c4ccc(N)cc4)n3)c2N)c1. The van der Waals surface area contributed by atoms with E-state index in [1.807, 2.05) is 66.7 Å². The summed E-state index contributed by atoms with van der Waals surface area (Å²) in [6, 6.07) is 38.6. The molecule has 1 saturated heterocycles. The van der Waals surface area contributed by atoms with E-state index >= 15 is 0 Å². The fourth-order valence-corrected chi connectivity index (χ4v) is 7.01. The van der Waals surface area contributed by atoms with Gasteiger partial charge in [0.2, 0.25) is 0 Å². The standard InChI is InChI=1S/C42H38N8/c1-2-38-46-36-15-5-6-16-37(36)50(38)31-10-7-9-28(25-31)32-13-8-14-34(39(32)45)33-11-3-4-12-35(33)42-48-40(26-17-21-29(43)22-18-26)47-41(49-42)27-19-23-30(44)24-20-27/h3-25,36-38,46H,2,43-45H2,1H3. The van der Waals surface area contributed by atoms with Crippen LogP contribution < -0.4 is 27.4 Å². The zero-order valence-electron chi connectivity index (χ0n) is 27.7. The predicted molar refractivity (Wildman–Crippen MR) is 206 cm³/mol. The van der Waals surface area contributed by atoms with E-state index in [-0.39, 0.29) is 18.2 Å². The summed E-state index contributed by atoms with van der Waals surface area (Å²) in [7, 11) is 0. The van der Waals surface area contributed by atoms with Gasteiger partial charge in [0.05, 0.1) is 18.2 Å². The number of allylic oxidation sites excluding steroid dienone is 2. The molecule has 0 spiro atoms. The largest absolute Gasteiger partial charge is 0.399 e. The lowest BCUT2D eigenvalue weighted by atomic mass is 9.93. The second-order valence-electron chi connectivity index (χ2n) is 12.7. The molecule has 50 heavy (non-hydrogen) atoms. The highest BCUT2D eigenvalue weighted by molar-refractivity contribution is 5.94. The fourth-order valence-electron chi connectivity index (χ4n) is 7.01. The minimum Gasteiger partial charge on any atom is -0.399 e. The molecule has 2 heterocycles. The topological polar surface area (TPSA) is 132 Å². The van der Waals surface area contributed by atoms with Crippen molar-refractivity contribution in [3.63, 3.8) is 0 Å². The minimum atomic E-state index is 0.236. The second-order valence-corrected chi connectivity index (χ2v) is 12.7. The van der Waals surface area contributed by atoms with Gasteiger partial charge in [-0.15, -0.1) is 0 Å². The van der Waals surface area contributed by atoms with Crippen LogP contribution in [0.1, 0.15) is 13.3 Å². The first-order valence-electron chi connectivity index (χ1n) is 16.9. The lowest BCUT2D eigenvalue weighted by Gasteiger charge is -2.31. The molecule has 8 nitrogen and oxygen atoms in total. The molecule has 8 heteroatoms. The molecule has 3 unspecified atom stereocenters. The highest BCUT2D eigenvalue weighted by Gasteiger charge is 2.38. The molecule has 7 N–H and O–H groups in total. The Morgan fingerprint density at radius 3 is 1.84 bits per heavy atom. The van der Waals surface area contributed by atoms with Crippen LogP contribution in [0.5, 0.6) is 0 Å². The maximum absolute atomic E-state index is 7.10.